The number of carbonyl (C=O) groups is 2. The van der Waals surface area contributed by atoms with E-state index in [4.69, 9.17) is 0 Å². The quantitative estimate of drug-likeness (QED) is 0.557. The van der Waals surface area contributed by atoms with E-state index in [1.165, 1.54) is 0 Å². The van der Waals surface area contributed by atoms with Gasteiger partial charge >= 0.3 is 0 Å². The lowest BCUT2D eigenvalue weighted by atomic mass is 9.98. The van der Waals surface area contributed by atoms with Crippen LogP contribution in [0.2, 0.25) is 0 Å². The number of benzene rings is 2. The molecule has 0 spiro atoms. The highest BCUT2D eigenvalue weighted by atomic mass is 16.3. The topological polar surface area (TPSA) is 98.7 Å². The summed E-state index contributed by atoms with van der Waals surface area (Å²) >= 11 is 0. The summed E-state index contributed by atoms with van der Waals surface area (Å²) in [6.07, 6.45) is -1.03. The Morgan fingerprint density at radius 2 is 1.81 bits per heavy atom. The molecule has 6 nitrogen and oxygen atoms in total. The summed E-state index contributed by atoms with van der Waals surface area (Å²) in [5, 5.41) is 25.4. The molecule has 3 atom stereocenters. The molecule has 1 saturated heterocycles. The van der Waals surface area contributed by atoms with Crippen molar-refractivity contribution >= 4 is 11.7 Å². The summed E-state index contributed by atoms with van der Waals surface area (Å²) in [4.78, 5) is 25.4. The molecule has 2 unspecified atom stereocenters. The highest BCUT2D eigenvalue weighted by Gasteiger charge is 2.32. The predicted octanol–water partition coefficient (Wildman–Crippen LogP) is 0.712. The number of carbonyl (C=O) groups excluding carboxylic acids is 2. The van der Waals surface area contributed by atoms with E-state index in [0.717, 1.165) is 11.1 Å². The van der Waals surface area contributed by atoms with Gasteiger partial charge in [0.15, 0.2) is 5.78 Å². The Hall–Kier alpha value is -2.54. The highest BCUT2D eigenvalue weighted by molar-refractivity contribution is 6.25. The van der Waals surface area contributed by atoms with Crippen molar-refractivity contribution in [2.24, 2.45) is 0 Å². The SMILES string of the molecule is O=C(NCC1NC[C@@H](O)CC1O)c1cccc2c1C(=O)c1ccccc1-2. The van der Waals surface area contributed by atoms with Gasteiger partial charge in [-0.2, -0.15) is 0 Å². The van der Waals surface area contributed by atoms with Crippen LogP contribution in [0, 0.1) is 0 Å². The fourth-order valence-electron chi connectivity index (χ4n) is 3.72. The van der Waals surface area contributed by atoms with E-state index in [2.05, 4.69) is 10.6 Å². The summed E-state index contributed by atoms with van der Waals surface area (Å²) in [7, 11) is 0. The van der Waals surface area contributed by atoms with Gasteiger partial charge in [0.05, 0.1) is 23.8 Å². The zero-order valence-corrected chi connectivity index (χ0v) is 14.1. The van der Waals surface area contributed by atoms with E-state index in [9.17, 15) is 19.8 Å². The number of ketones is 1. The first-order valence-electron chi connectivity index (χ1n) is 8.71. The second kappa shape index (κ2) is 6.64. The van der Waals surface area contributed by atoms with E-state index in [0.29, 0.717) is 23.2 Å². The van der Waals surface area contributed by atoms with Crippen molar-refractivity contribution in [2.45, 2.75) is 24.7 Å². The number of rotatable bonds is 3. The number of aliphatic hydroxyl groups excluding tert-OH is 2. The Balaban J connectivity index is 1.55. The molecule has 26 heavy (non-hydrogen) atoms. The molecule has 6 heteroatoms. The molecule has 0 radical (unpaired) electrons. The smallest absolute Gasteiger partial charge is 0.252 e. The van der Waals surface area contributed by atoms with Gasteiger partial charge in [0.25, 0.3) is 5.91 Å². The molecule has 1 aliphatic carbocycles. The molecule has 2 aromatic rings. The van der Waals surface area contributed by atoms with E-state index >= 15 is 0 Å². The van der Waals surface area contributed by atoms with Gasteiger partial charge in [0, 0.05) is 30.6 Å². The first-order chi connectivity index (χ1) is 12.6. The standard InChI is InChI=1S/C20H20N2O4/c23-11-8-17(24)16(21-9-11)10-22-20(26)15-7-3-6-13-12-4-1-2-5-14(12)19(25)18(13)15/h1-7,11,16-17,21,23-24H,8-10H2,(H,22,26)/t11-,16?,17?/m0/s1. The summed E-state index contributed by atoms with van der Waals surface area (Å²) < 4.78 is 0. The molecular weight excluding hydrogens is 332 g/mol. The summed E-state index contributed by atoms with van der Waals surface area (Å²) in [5.74, 6) is -0.483. The summed E-state index contributed by atoms with van der Waals surface area (Å²) in [5.41, 5.74) is 3.01. The lowest BCUT2D eigenvalue weighted by molar-refractivity contribution is 0.0232. The summed E-state index contributed by atoms with van der Waals surface area (Å²) in [6.45, 7) is 0.601. The van der Waals surface area contributed by atoms with E-state index in [1.807, 2.05) is 24.3 Å². The minimum atomic E-state index is -0.730. The second-order valence-corrected chi connectivity index (χ2v) is 6.78. The van der Waals surface area contributed by atoms with Crippen molar-refractivity contribution in [3.63, 3.8) is 0 Å². The largest absolute Gasteiger partial charge is 0.392 e. The van der Waals surface area contributed by atoms with Crippen LogP contribution in [0.4, 0.5) is 0 Å². The molecule has 0 bridgehead atoms. The highest BCUT2D eigenvalue weighted by Crippen LogP contribution is 2.37. The number of β-amino-alcohol motifs (C(OH)–C–C–N with tert-alkyl or cyclic N) is 1. The van der Waals surface area contributed by atoms with Crippen LogP contribution < -0.4 is 10.6 Å². The van der Waals surface area contributed by atoms with Gasteiger partial charge in [0.2, 0.25) is 0 Å². The van der Waals surface area contributed by atoms with Crippen LogP contribution in [0.25, 0.3) is 11.1 Å². The monoisotopic (exact) mass is 352 g/mol. The van der Waals surface area contributed by atoms with Gasteiger partial charge in [-0.1, -0.05) is 36.4 Å². The molecular formula is C20H20N2O4. The van der Waals surface area contributed by atoms with Crippen LogP contribution >= 0.6 is 0 Å². The summed E-state index contributed by atoms with van der Waals surface area (Å²) in [6, 6.07) is 12.3. The van der Waals surface area contributed by atoms with E-state index in [1.54, 1.807) is 18.2 Å². The zero-order chi connectivity index (χ0) is 18.3. The van der Waals surface area contributed by atoms with Crippen molar-refractivity contribution in [2.75, 3.05) is 13.1 Å². The number of hydrogen-bond donors (Lipinski definition) is 4. The van der Waals surface area contributed by atoms with Crippen LogP contribution in [0.1, 0.15) is 32.7 Å². The average molecular weight is 352 g/mol. The fourth-order valence-corrected chi connectivity index (χ4v) is 3.72. The Morgan fingerprint density at radius 1 is 1.08 bits per heavy atom. The van der Waals surface area contributed by atoms with Crippen LogP contribution in [-0.2, 0) is 0 Å². The van der Waals surface area contributed by atoms with Crippen LogP contribution in [0.3, 0.4) is 0 Å². The Labute approximate surface area is 150 Å². The number of hydrogen-bond acceptors (Lipinski definition) is 5. The van der Waals surface area contributed by atoms with Crippen LogP contribution in [-0.4, -0.2) is 53.2 Å². The average Bonchev–Trinajstić information content (AvgIpc) is 2.94. The Kier molecular flexibility index (Phi) is 4.32. The van der Waals surface area contributed by atoms with Crippen LogP contribution in [0.5, 0.6) is 0 Å². The first-order valence-corrected chi connectivity index (χ1v) is 8.71. The van der Waals surface area contributed by atoms with Crippen molar-refractivity contribution < 1.29 is 19.8 Å². The lowest BCUT2D eigenvalue weighted by Gasteiger charge is -2.32. The van der Waals surface area contributed by atoms with Gasteiger partial charge in [-0.25, -0.2) is 0 Å². The van der Waals surface area contributed by atoms with E-state index < -0.39 is 12.2 Å². The third-order valence-corrected chi connectivity index (χ3v) is 5.07. The third kappa shape index (κ3) is 2.82. The van der Waals surface area contributed by atoms with E-state index in [-0.39, 0.29) is 30.7 Å². The maximum atomic E-state index is 12.7. The molecule has 1 fully saturated rings. The molecule has 2 aliphatic rings. The normalized spacial score (nSPS) is 24.1. The minimum absolute atomic E-state index is 0.139. The molecule has 1 amide bonds. The Morgan fingerprint density at radius 3 is 2.58 bits per heavy atom. The third-order valence-electron chi connectivity index (χ3n) is 5.07. The zero-order valence-electron chi connectivity index (χ0n) is 14.1. The predicted molar refractivity (Wildman–Crippen MR) is 96.1 cm³/mol. The molecule has 2 aromatic carbocycles. The number of nitrogens with one attached hydrogen (secondary N) is 2. The molecule has 134 valence electrons. The Bertz CT molecular complexity index is 880. The van der Waals surface area contributed by atoms with Gasteiger partial charge < -0.3 is 20.8 Å². The number of amides is 1. The minimum Gasteiger partial charge on any atom is -0.392 e. The van der Waals surface area contributed by atoms with Crippen molar-refractivity contribution in [1.82, 2.24) is 10.6 Å². The van der Waals surface area contributed by atoms with Gasteiger partial charge in [-0.3, -0.25) is 9.59 Å². The van der Waals surface area contributed by atoms with Gasteiger partial charge in [-0.05, 0) is 17.2 Å². The molecule has 0 aromatic heterocycles. The number of aliphatic hydroxyl groups is 2. The van der Waals surface area contributed by atoms with Crippen LogP contribution in [0.15, 0.2) is 42.5 Å². The first kappa shape index (κ1) is 16.9. The van der Waals surface area contributed by atoms with Gasteiger partial charge in [-0.15, -0.1) is 0 Å². The maximum absolute atomic E-state index is 12.7. The van der Waals surface area contributed by atoms with Gasteiger partial charge in [0.1, 0.15) is 0 Å². The van der Waals surface area contributed by atoms with Crippen molar-refractivity contribution in [3.05, 3.63) is 59.2 Å². The molecule has 1 heterocycles. The van der Waals surface area contributed by atoms with Crippen molar-refractivity contribution in [1.29, 1.82) is 0 Å². The molecule has 1 aliphatic heterocycles. The number of fused-ring (bicyclic) bond motifs is 3. The molecule has 4 rings (SSSR count). The maximum Gasteiger partial charge on any atom is 0.252 e. The molecule has 0 saturated carbocycles. The molecule has 4 N–H and O–H groups in total. The van der Waals surface area contributed by atoms with Crippen molar-refractivity contribution in [3.8, 4) is 11.1 Å². The lowest BCUT2D eigenvalue weighted by Crippen LogP contribution is -2.55. The fraction of sp³-hybridized carbons (Fsp3) is 0.300. The second-order valence-electron chi connectivity index (χ2n) is 6.78. The number of piperidine rings is 1.